The maximum Gasteiger partial charge on any atom is 0.253 e. The first-order chi connectivity index (χ1) is 10.2. The summed E-state index contributed by atoms with van der Waals surface area (Å²) in [7, 11) is 0. The van der Waals surface area contributed by atoms with Gasteiger partial charge in [-0.05, 0) is 38.5 Å². The minimum absolute atomic E-state index is 0.0131. The Balaban J connectivity index is 2.07. The summed E-state index contributed by atoms with van der Waals surface area (Å²) in [5.41, 5.74) is 7.05. The van der Waals surface area contributed by atoms with Crippen molar-refractivity contribution in [2.24, 2.45) is 5.92 Å². The number of ether oxygens (including phenoxy) is 2. The molecule has 0 aliphatic carbocycles. The molecular weight excluding hydrogens is 268 g/mol. The molecule has 116 valence electrons. The van der Waals surface area contributed by atoms with Gasteiger partial charge in [-0.1, -0.05) is 0 Å². The van der Waals surface area contributed by atoms with Crippen LogP contribution in [0.3, 0.4) is 0 Å². The maximum atomic E-state index is 12.6. The Morgan fingerprint density at radius 2 is 2.29 bits per heavy atom. The van der Waals surface area contributed by atoms with Crippen LogP contribution in [0.5, 0.6) is 5.75 Å². The van der Waals surface area contributed by atoms with Gasteiger partial charge >= 0.3 is 0 Å². The van der Waals surface area contributed by atoms with Crippen molar-refractivity contribution < 1.29 is 14.3 Å². The van der Waals surface area contributed by atoms with Crippen LogP contribution in [0.2, 0.25) is 0 Å². The Morgan fingerprint density at radius 3 is 2.86 bits per heavy atom. The van der Waals surface area contributed by atoms with Crippen molar-refractivity contribution in [1.29, 1.82) is 0 Å². The number of hydrogen-bond donors (Lipinski definition) is 1. The topological polar surface area (TPSA) is 64.8 Å². The molecule has 2 rings (SSSR count). The van der Waals surface area contributed by atoms with Gasteiger partial charge in [0.05, 0.1) is 18.9 Å². The van der Waals surface area contributed by atoms with E-state index in [0.29, 0.717) is 36.1 Å². The van der Waals surface area contributed by atoms with Crippen LogP contribution < -0.4 is 10.5 Å². The van der Waals surface area contributed by atoms with Crippen LogP contribution in [0, 0.1) is 5.92 Å². The number of benzene rings is 1. The summed E-state index contributed by atoms with van der Waals surface area (Å²) >= 11 is 0. The SMILES string of the molecule is CCOc1ccc(C(=O)N(CC)CC2CCOC2)cc1N. The quantitative estimate of drug-likeness (QED) is 0.816. The van der Waals surface area contributed by atoms with Crippen LogP contribution in [-0.2, 0) is 4.74 Å². The van der Waals surface area contributed by atoms with Crippen molar-refractivity contribution in [2.45, 2.75) is 20.3 Å². The molecule has 0 aromatic heterocycles. The van der Waals surface area contributed by atoms with Crippen LogP contribution >= 0.6 is 0 Å². The fraction of sp³-hybridized carbons (Fsp3) is 0.562. The Kier molecular flexibility index (Phi) is 5.44. The molecule has 1 unspecified atom stereocenters. The van der Waals surface area contributed by atoms with Gasteiger partial charge in [0.15, 0.2) is 0 Å². The normalized spacial score (nSPS) is 17.7. The van der Waals surface area contributed by atoms with Crippen molar-refractivity contribution in [3.05, 3.63) is 23.8 Å². The monoisotopic (exact) mass is 292 g/mol. The van der Waals surface area contributed by atoms with Crippen LogP contribution in [0.25, 0.3) is 0 Å². The highest BCUT2D eigenvalue weighted by Crippen LogP contribution is 2.24. The van der Waals surface area contributed by atoms with Crippen LogP contribution in [0.1, 0.15) is 30.6 Å². The highest BCUT2D eigenvalue weighted by molar-refractivity contribution is 5.95. The zero-order valence-electron chi connectivity index (χ0n) is 12.8. The lowest BCUT2D eigenvalue weighted by Crippen LogP contribution is -2.35. The number of carbonyl (C=O) groups excluding carboxylic acids is 1. The number of hydrogen-bond acceptors (Lipinski definition) is 4. The molecule has 0 saturated carbocycles. The smallest absolute Gasteiger partial charge is 0.253 e. The average molecular weight is 292 g/mol. The zero-order chi connectivity index (χ0) is 15.2. The van der Waals surface area contributed by atoms with E-state index in [1.165, 1.54) is 0 Å². The molecule has 1 aromatic carbocycles. The number of amides is 1. The predicted molar refractivity (Wildman–Crippen MR) is 82.5 cm³/mol. The second kappa shape index (κ2) is 7.31. The summed E-state index contributed by atoms with van der Waals surface area (Å²) in [5.74, 6) is 1.08. The zero-order valence-corrected chi connectivity index (χ0v) is 12.8. The predicted octanol–water partition coefficient (Wildman–Crippen LogP) is 2.17. The Bertz CT molecular complexity index is 484. The molecular formula is C16H24N2O3. The van der Waals surface area contributed by atoms with Crippen LogP contribution in [-0.4, -0.2) is 43.7 Å². The van der Waals surface area contributed by atoms with E-state index in [-0.39, 0.29) is 5.91 Å². The van der Waals surface area contributed by atoms with E-state index in [1.54, 1.807) is 18.2 Å². The summed E-state index contributed by atoms with van der Waals surface area (Å²) in [6.07, 6.45) is 1.02. The van der Waals surface area contributed by atoms with E-state index in [0.717, 1.165) is 26.2 Å². The van der Waals surface area contributed by atoms with E-state index in [2.05, 4.69) is 0 Å². The van der Waals surface area contributed by atoms with E-state index in [4.69, 9.17) is 15.2 Å². The van der Waals surface area contributed by atoms with Gasteiger partial charge in [-0.3, -0.25) is 4.79 Å². The number of nitrogens with zero attached hydrogens (tertiary/aromatic N) is 1. The number of nitrogen functional groups attached to an aromatic ring is 1. The summed E-state index contributed by atoms with van der Waals surface area (Å²) in [5, 5.41) is 0. The van der Waals surface area contributed by atoms with Gasteiger partial charge in [-0.2, -0.15) is 0 Å². The third-order valence-corrected chi connectivity index (χ3v) is 3.73. The van der Waals surface area contributed by atoms with Crippen molar-refractivity contribution in [3.63, 3.8) is 0 Å². The maximum absolute atomic E-state index is 12.6. The lowest BCUT2D eigenvalue weighted by Gasteiger charge is -2.24. The van der Waals surface area contributed by atoms with Crippen molar-refractivity contribution >= 4 is 11.6 Å². The molecule has 1 aliphatic heterocycles. The minimum Gasteiger partial charge on any atom is -0.492 e. The first kappa shape index (κ1) is 15.6. The molecule has 1 aromatic rings. The average Bonchev–Trinajstić information content (AvgIpc) is 2.99. The Morgan fingerprint density at radius 1 is 1.48 bits per heavy atom. The molecule has 21 heavy (non-hydrogen) atoms. The van der Waals surface area contributed by atoms with Crippen molar-refractivity contribution in [1.82, 2.24) is 4.90 Å². The summed E-state index contributed by atoms with van der Waals surface area (Å²) in [6.45, 7) is 7.42. The number of nitrogens with two attached hydrogens (primary N) is 1. The largest absolute Gasteiger partial charge is 0.492 e. The molecule has 0 radical (unpaired) electrons. The third-order valence-electron chi connectivity index (χ3n) is 3.73. The molecule has 0 bridgehead atoms. The fourth-order valence-electron chi connectivity index (χ4n) is 2.55. The minimum atomic E-state index is 0.0131. The fourth-order valence-corrected chi connectivity index (χ4v) is 2.55. The molecule has 1 aliphatic rings. The Labute approximate surface area is 126 Å². The van der Waals surface area contributed by atoms with Gasteiger partial charge in [-0.15, -0.1) is 0 Å². The van der Waals surface area contributed by atoms with Crippen LogP contribution in [0.4, 0.5) is 5.69 Å². The lowest BCUT2D eigenvalue weighted by atomic mass is 10.1. The number of carbonyl (C=O) groups is 1. The molecule has 1 amide bonds. The summed E-state index contributed by atoms with van der Waals surface area (Å²) < 4.78 is 10.8. The summed E-state index contributed by atoms with van der Waals surface area (Å²) in [4.78, 5) is 14.4. The van der Waals surface area contributed by atoms with Crippen molar-refractivity contribution in [3.8, 4) is 5.75 Å². The standard InChI is InChI=1S/C16H24N2O3/c1-3-18(10-12-7-8-20-11-12)16(19)13-5-6-15(21-4-2)14(17)9-13/h5-6,9,12H,3-4,7-8,10-11,17H2,1-2H3. The van der Waals surface area contributed by atoms with Gasteiger partial charge in [0.25, 0.3) is 5.91 Å². The summed E-state index contributed by atoms with van der Waals surface area (Å²) in [6, 6.07) is 5.23. The molecule has 2 N–H and O–H groups in total. The lowest BCUT2D eigenvalue weighted by molar-refractivity contribution is 0.0731. The molecule has 1 saturated heterocycles. The van der Waals surface area contributed by atoms with Gasteiger partial charge in [0.2, 0.25) is 0 Å². The molecule has 0 spiro atoms. The van der Waals surface area contributed by atoms with Crippen molar-refractivity contribution in [2.75, 3.05) is 38.6 Å². The molecule has 1 fully saturated rings. The van der Waals surface area contributed by atoms with Gasteiger partial charge in [0, 0.05) is 31.2 Å². The van der Waals surface area contributed by atoms with E-state index in [9.17, 15) is 4.79 Å². The highest BCUT2D eigenvalue weighted by Gasteiger charge is 2.22. The van der Waals surface area contributed by atoms with E-state index in [1.807, 2.05) is 18.7 Å². The second-order valence-electron chi connectivity index (χ2n) is 5.26. The first-order valence-electron chi connectivity index (χ1n) is 7.55. The Hall–Kier alpha value is -1.75. The third kappa shape index (κ3) is 3.88. The number of anilines is 1. The second-order valence-corrected chi connectivity index (χ2v) is 5.26. The molecule has 1 heterocycles. The van der Waals surface area contributed by atoms with Gasteiger partial charge in [0.1, 0.15) is 5.75 Å². The molecule has 5 heteroatoms. The number of rotatable bonds is 6. The highest BCUT2D eigenvalue weighted by atomic mass is 16.5. The first-order valence-corrected chi connectivity index (χ1v) is 7.55. The van der Waals surface area contributed by atoms with E-state index >= 15 is 0 Å². The van der Waals surface area contributed by atoms with Gasteiger partial charge in [-0.25, -0.2) is 0 Å². The van der Waals surface area contributed by atoms with Gasteiger partial charge < -0.3 is 20.1 Å². The van der Waals surface area contributed by atoms with Crippen LogP contribution in [0.15, 0.2) is 18.2 Å². The molecule has 1 atom stereocenters. The molecule has 5 nitrogen and oxygen atoms in total. The van der Waals surface area contributed by atoms with E-state index < -0.39 is 0 Å².